The fourth-order valence-electron chi connectivity index (χ4n) is 1.79. The quantitative estimate of drug-likeness (QED) is 0.579. The van der Waals surface area contributed by atoms with Crippen LogP contribution in [0.3, 0.4) is 0 Å². The molecule has 17 heavy (non-hydrogen) atoms. The van der Waals surface area contributed by atoms with Gasteiger partial charge in [0.1, 0.15) is 0 Å². The highest BCUT2D eigenvalue weighted by Gasteiger charge is 1.95. The van der Waals surface area contributed by atoms with E-state index in [9.17, 15) is 0 Å². The lowest BCUT2D eigenvalue weighted by Crippen LogP contribution is -2.23. The van der Waals surface area contributed by atoms with Gasteiger partial charge in [0.05, 0.1) is 0 Å². The van der Waals surface area contributed by atoms with Crippen LogP contribution in [-0.2, 0) is 6.42 Å². The Bertz CT molecular complexity index is 346. The Balaban J connectivity index is 2.35. The van der Waals surface area contributed by atoms with Crippen LogP contribution in [0.1, 0.15) is 38.3 Å². The molecule has 94 valence electrons. The van der Waals surface area contributed by atoms with Crippen molar-refractivity contribution in [3.63, 3.8) is 0 Å². The van der Waals surface area contributed by atoms with Crippen LogP contribution in [0.4, 0.5) is 0 Å². The molecule has 0 saturated carbocycles. The Morgan fingerprint density at radius 2 is 1.88 bits per heavy atom. The number of hydrogen-bond acceptors (Lipinski definition) is 1. The lowest BCUT2D eigenvalue weighted by molar-refractivity contribution is 0.594. The predicted molar refractivity (Wildman–Crippen MR) is 76.4 cm³/mol. The Labute approximate surface area is 106 Å². The number of benzene rings is 1. The van der Waals surface area contributed by atoms with E-state index in [0.29, 0.717) is 6.04 Å². The van der Waals surface area contributed by atoms with Crippen LogP contribution >= 0.6 is 0 Å². The summed E-state index contributed by atoms with van der Waals surface area (Å²) in [6, 6.07) is 9.39. The van der Waals surface area contributed by atoms with Gasteiger partial charge >= 0.3 is 0 Å². The molecule has 1 aromatic rings. The van der Waals surface area contributed by atoms with Crippen LogP contribution in [0.15, 0.2) is 35.9 Å². The Kier molecular flexibility index (Phi) is 5.99. The van der Waals surface area contributed by atoms with E-state index < -0.39 is 0 Å². The molecule has 0 amide bonds. The smallest absolute Gasteiger partial charge is 0.00105 e. The molecule has 0 fully saturated rings. The van der Waals surface area contributed by atoms with Crippen LogP contribution in [0, 0.1) is 6.92 Å². The predicted octanol–water partition coefficient (Wildman–Crippen LogP) is 3.87. The molecule has 1 heteroatoms. The molecule has 0 aromatic heterocycles. The average molecular weight is 231 g/mol. The number of hydrogen-bond donors (Lipinski definition) is 1. The monoisotopic (exact) mass is 231 g/mol. The van der Waals surface area contributed by atoms with Crippen LogP contribution in [0.5, 0.6) is 0 Å². The van der Waals surface area contributed by atoms with E-state index in [0.717, 1.165) is 19.4 Å². The molecule has 0 heterocycles. The van der Waals surface area contributed by atoms with Crippen molar-refractivity contribution in [2.75, 3.05) is 6.54 Å². The van der Waals surface area contributed by atoms with Crippen LogP contribution in [0.25, 0.3) is 0 Å². The largest absolute Gasteiger partial charge is 0.314 e. The second kappa shape index (κ2) is 7.29. The highest BCUT2D eigenvalue weighted by atomic mass is 14.9. The first kappa shape index (κ1) is 14.0. The summed E-state index contributed by atoms with van der Waals surface area (Å²) in [5.74, 6) is 0. The molecular formula is C16H25N. The molecule has 0 aliphatic rings. The number of aryl methyl sites for hydroxylation is 1. The SMILES string of the molecule is CC(=CCCNC(C)C)Cc1ccc(C)cc1. The molecule has 1 N–H and O–H groups in total. The first-order chi connectivity index (χ1) is 8.08. The fraction of sp³-hybridized carbons (Fsp3) is 0.500. The zero-order valence-corrected chi connectivity index (χ0v) is 11.6. The van der Waals surface area contributed by atoms with E-state index in [1.54, 1.807) is 0 Å². The van der Waals surface area contributed by atoms with Crippen molar-refractivity contribution in [2.45, 2.75) is 46.6 Å². The molecule has 0 aliphatic heterocycles. The van der Waals surface area contributed by atoms with Crippen LogP contribution < -0.4 is 5.32 Å². The van der Waals surface area contributed by atoms with Gasteiger partial charge in [0.2, 0.25) is 0 Å². The maximum absolute atomic E-state index is 3.43. The topological polar surface area (TPSA) is 12.0 Å². The minimum atomic E-state index is 0.584. The summed E-state index contributed by atoms with van der Waals surface area (Å²) in [6.45, 7) is 9.79. The summed E-state index contributed by atoms with van der Waals surface area (Å²) in [5, 5.41) is 3.43. The van der Waals surface area contributed by atoms with Crippen LogP contribution in [-0.4, -0.2) is 12.6 Å². The second-order valence-corrected chi connectivity index (χ2v) is 5.11. The highest BCUT2D eigenvalue weighted by Crippen LogP contribution is 2.09. The van der Waals surface area contributed by atoms with Crippen LogP contribution in [0.2, 0.25) is 0 Å². The van der Waals surface area contributed by atoms with Crippen molar-refractivity contribution in [3.8, 4) is 0 Å². The molecule has 0 spiro atoms. The van der Waals surface area contributed by atoms with Crippen molar-refractivity contribution in [1.82, 2.24) is 5.32 Å². The van der Waals surface area contributed by atoms with Gasteiger partial charge in [-0.25, -0.2) is 0 Å². The molecule has 1 nitrogen and oxygen atoms in total. The lowest BCUT2D eigenvalue weighted by Gasteiger charge is -2.06. The normalized spacial score (nSPS) is 12.2. The molecule has 0 atom stereocenters. The zero-order chi connectivity index (χ0) is 12.7. The number of allylic oxidation sites excluding steroid dienone is 1. The van der Waals surface area contributed by atoms with Gasteiger partial charge in [-0.2, -0.15) is 0 Å². The molecule has 0 saturated heterocycles. The third-order valence-corrected chi connectivity index (χ3v) is 2.79. The Morgan fingerprint density at radius 3 is 2.47 bits per heavy atom. The number of rotatable bonds is 6. The first-order valence-electron chi connectivity index (χ1n) is 6.52. The van der Waals surface area contributed by atoms with E-state index in [4.69, 9.17) is 0 Å². The van der Waals surface area contributed by atoms with Gasteiger partial charge in [0, 0.05) is 6.04 Å². The zero-order valence-electron chi connectivity index (χ0n) is 11.6. The van der Waals surface area contributed by atoms with E-state index in [-0.39, 0.29) is 0 Å². The Hall–Kier alpha value is -1.08. The summed E-state index contributed by atoms with van der Waals surface area (Å²) in [4.78, 5) is 0. The minimum absolute atomic E-state index is 0.584. The van der Waals surface area contributed by atoms with Gasteiger partial charge in [0.25, 0.3) is 0 Å². The van der Waals surface area contributed by atoms with Gasteiger partial charge in [-0.1, -0.05) is 55.3 Å². The third-order valence-electron chi connectivity index (χ3n) is 2.79. The van der Waals surface area contributed by atoms with Gasteiger partial charge in [-0.15, -0.1) is 0 Å². The Morgan fingerprint density at radius 1 is 1.24 bits per heavy atom. The molecular weight excluding hydrogens is 206 g/mol. The fourth-order valence-corrected chi connectivity index (χ4v) is 1.79. The van der Waals surface area contributed by atoms with Crippen molar-refractivity contribution >= 4 is 0 Å². The van der Waals surface area contributed by atoms with Crippen molar-refractivity contribution in [1.29, 1.82) is 0 Å². The first-order valence-corrected chi connectivity index (χ1v) is 6.52. The summed E-state index contributed by atoms with van der Waals surface area (Å²) in [7, 11) is 0. The van der Waals surface area contributed by atoms with E-state index in [2.05, 4.69) is 63.4 Å². The van der Waals surface area contributed by atoms with Gasteiger partial charge in [-0.05, 0) is 38.8 Å². The summed E-state index contributed by atoms with van der Waals surface area (Å²) >= 11 is 0. The number of nitrogens with one attached hydrogen (secondary N) is 1. The molecule has 1 rings (SSSR count). The maximum Gasteiger partial charge on any atom is 0.00105 e. The van der Waals surface area contributed by atoms with Crippen molar-refractivity contribution in [2.24, 2.45) is 0 Å². The van der Waals surface area contributed by atoms with Crippen molar-refractivity contribution in [3.05, 3.63) is 47.0 Å². The second-order valence-electron chi connectivity index (χ2n) is 5.11. The summed E-state index contributed by atoms with van der Waals surface area (Å²) < 4.78 is 0. The molecule has 0 unspecified atom stereocenters. The third kappa shape index (κ3) is 6.28. The minimum Gasteiger partial charge on any atom is -0.314 e. The van der Waals surface area contributed by atoms with Gasteiger partial charge in [0.15, 0.2) is 0 Å². The standard InChI is InChI=1S/C16H25N/c1-13(2)17-11-5-6-15(4)12-16-9-7-14(3)8-10-16/h6-10,13,17H,5,11-12H2,1-4H3. The molecule has 0 aliphatic carbocycles. The molecule has 0 bridgehead atoms. The van der Waals surface area contributed by atoms with Gasteiger partial charge in [-0.3, -0.25) is 0 Å². The van der Waals surface area contributed by atoms with Crippen molar-refractivity contribution < 1.29 is 0 Å². The van der Waals surface area contributed by atoms with E-state index >= 15 is 0 Å². The van der Waals surface area contributed by atoms with E-state index in [1.165, 1.54) is 16.7 Å². The van der Waals surface area contributed by atoms with Gasteiger partial charge < -0.3 is 5.32 Å². The van der Waals surface area contributed by atoms with E-state index in [1.807, 2.05) is 0 Å². The summed E-state index contributed by atoms with van der Waals surface area (Å²) in [6.07, 6.45) is 4.53. The highest BCUT2D eigenvalue weighted by molar-refractivity contribution is 5.25. The molecule has 0 radical (unpaired) electrons. The average Bonchev–Trinajstić information content (AvgIpc) is 2.27. The molecule has 1 aromatic carbocycles. The maximum atomic E-state index is 3.43. The summed E-state index contributed by atoms with van der Waals surface area (Å²) in [5.41, 5.74) is 4.19. The lowest BCUT2D eigenvalue weighted by atomic mass is 10.0.